The monoisotopic (exact) mass is 258 g/mol. The number of carboxylic acids is 1. The molecule has 0 aliphatic heterocycles. The van der Waals surface area contributed by atoms with Crippen LogP contribution in [0, 0.1) is 17.0 Å². The van der Waals surface area contributed by atoms with E-state index in [2.05, 4.69) is 5.32 Å². The Morgan fingerprint density at radius 1 is 1.59 bits per heavy atom. The number of benzene rings is 1. The molecule has 0 bridgehead atoms. The van der Waals surface area contributed by atoms with Gasteiger partial charge < -0.3 is 10.4 Å². The molecule has 17 heavy (non-hydrogen) atoms. The molecule has 0 saturated heterocycles. The van der Waals surface area contributed by atoms with Gasteiger partial charge in [0.2, 0.25) is 0 Å². The van der Waals surface area contributed by atoms with Gasteiger partial charge in [0.15, 0.2) is 0 Å². The summed E-state index contributed by atoms with van der Waals surface area (Å²) >= 11 is 5.88. The molecule has 0 fully saturated rings. The SMILES string of the molecule is Cc1cc([N+](=O)[O-])cc(Cl)c1NCCC(=O)O. The fourth-order valence-electron chi connectivity index (χ4n) is 1.35. The highest BCUT2D eigenvalue weighted by molar-refractivity contribution is 6.33. The van der Waals surface area contributed by atoms with Gasteiger partial charge in [0.1, 0.15) is 0 Å². The molecule has 0 saturated carbocycles. The lowest BCUT2D eigenvalue weighted by atomic mass is 10.1. The third-order valence-corrected chi connectivity index (χ3v) is 2.42. The van der Waals surface area contributed by atoms with Crippen LogP contribution < -0.4 is 5.32 Å². The van der Waals surface area contributed by atoms with Crippen molar-refractivity contribution in [3.8, 4) is 0 Å². The van der Waals surface area contributed by atoms with Gasteiger partial charge in [0, 0.05) is 18.7 Å². The molecular weight excluding hydrogens is 248 g/mol. The average Bonchev–Trinajstić information content (AvgIpc) is 2.21. The van der Waals surface area contributed by atoms with Crippen LogP contribution in [0.25, 0.3) is 0 Å². The normalized spacial score (nSPS) is 10.0. The zero-order valence-electron chi connectivity index (χ0n) is 9.07. The topological polar surface area (TPSA) is 92.5 Å². The molecule has 0 heterocycles. The molecule has 1 aromatic rings. The maximum absolute atomic E-state index is 10.6. The Labute approximate surface area is 102 Å². The number of aliphatic carboxylic acids is 1. The van der Waals surface area contributed by atoms with Crippen molar-refractivity contribution in [2.24, 2.45) is 0 Å². The minimum Gasteiger partial charge on any atom is -0.481 e. The summed E-state index contributed by atoms with van der Waals surface area (Å²) in [5.74, 6) is -0.923. The largest absolute Gasteiger partial charge is 0.481 e. The first kappa shape index (κ1) is 13.2. The van der Waals surface area contributed by atoms with Crippen LogP contribution in [0.2, 0.25) is 5.02 Å². The average molecular weight is 259 g/mol. The molecule has 2 N–H and O–H groups in total. The Morgan fingerprint density at radius 3 is 2.71 bits per heavy atom. The Kier molecular flexibility index (Phi) is 4.28. The highest BCUT2D eigenvalue weighted by Crippen LogP contribution is 2.30. The summed E-state index contributed by atoms with van der Waals surface area (Å²) in [6, 6.07) is 2.62. The van der Waals surface area contributed by atoms with Gasteiger partial charge in [-0.1, -0.05) is 11.6 Å². The van der Waals surface area contributed by atoms with E-state index in [0.717, 1.165) is 0 Å². The summed E-state index contributed by atoms with van der Waals surface area (Å²) in [7, 11) is 0. The third-order valence-electron chi connectivity index (χ3n) is 2.12. The first-order valence-corrected chi connectivity index (χ1v) is 5.20. The standard InChI is InChI=1S/C10H11ClN2O4/c1-6-4-7(13(16)17)5-8(11)10(6)12-3-2-9(14)15/h4-5,12H,2-3H2,1H3,(H,14,15). The van der Waals surface area contributed by atoms with E-state index in [9.17, 15) is 14.9 Å². The summed E-state index contributed by atoms with van der Waals surface area (Å²) in [6.45, 7) is 1.88. The molecule has 0 unspecified atom stereocenters. The predicted octanol–water partition coefficient (Wildman–Crippen LogP) is 2.44. The van der Waals surface area contributed by atoms with E-state index in [1.807, 2.05) is 0 Å². The van der Waals surface area contributed by atoms with Crippen LogP contribution in [0.3, 0.4) is 0 Å². The third kappa shape index (κ3) is 3.60. The number of hydrogen-bond acceptors (Lipinski definition) is 4. The Hall–Kier alpha value is -1.82. The van der Waals surface area contributed by atoms with Gasteiger partial charge in [-0.05, 0) is 12.5 Å². The van der Waals surface area contributed by atoms with Crippen LogP contribution in [0.15, 0.2) is 12.1 Å². The number of non-ortho nitro benzene ring substituents is 1. The predicted molar refractivity (Wildman–Crippen MR) is 63.6 cm³/mol. The van der Waals surface area contributed by atoms with Crippen LogP contribution in [0.1, 0.15) is 12.0 Å². The molecule has 0 aromatic heterocycles. The summed E-state index contributed by atoms with van der Waals surface area (Å²) in [4.78, 5) is 20.4. The van der Waals surface area contributed by atoms with Gasteiger partial charge in [0.25, 0.3) is 5.69 Å². The first-order chi connectivity index (χ1) is 7.91. The van der Waals surface area contributed by atoms with Gasteiger partial charge in [-0.2, -0.15) is 0 Å². The molecule has 1 rings (SSSR count). The van der Waals surface area contributed by atoms with Gasteiger partial charge in [-0.3, -0.25) is 14.9 Å². The minimum absolute atomic E-state index is 0.0489. The lowest BCUT2D eigenvalue weighted by Gasteiger charge is -2.10. The van der Waals surface area contributed by atoms with E-state index in [4.69, 9.17) is 16.7 Å². The Bertz CT molecular complexity index is 439. The second-order valence-electron chi connectivity index (χ2n) is 3.45. The van der Waals surface area contributed by atoms with Crippen molar-refractivity contribution in [2.45, 2.75) is 13.3 Å². The van der Waals surface area contributed by atoms with Gasteiger partial charge in [-0.25, -0.2) is 0 Å². The second kappa shape index (κ2) is 5.49. The second-order valence-corrected chi connectivity index (χ2v) is 3.85. The molecule has 0 aliphatic carbocycles. The van der Waals surface area contributed by atoms with E-state index in [1.54, 1.807) is 6.92 Å². The van der Waals surface area contributed by atoms with Crippen molar-refractivity contribution in [1.82, 2.24) is 0 Å². The molecule has 0 spiro atoms. The quantitative estimate of drug-likeness (QED) is 0.625. The van der Waals surface area contributed by atoms with Crippen LogP contribution in [-0.2, 0) is 4.79 Å². The number of nitrogens with zero attached hydrogens (tertiary/aromatic N) is 1. The van der Waals surface area contributed by atoms with Crippen molar-refractivity contribution in [1.29, 1.82) is 0 Å². The number of aryl methyl sites for hydroxylation is 1. The number of halogens is 1. The fraction of sp³-hybridized carbons (Fsp3) is 0.300. The molecule has 0 aliphatic rings. The number of hydrogen-bond donors (Lipinski definition) is 2. The van der Waals surface area contributed by atoms with Crippen molar-refractivity contribution < 1.29 is 14.8 Å². The Balaban J connectivity index is 2.86. The zero-order chi connectivity index (χ0) is 13.0. The molecule has 7 heteroatoms. The number of rotatable bonds is 5. The molecule has 0 amide bonds. The van der Waals surface area contributed by atoms with Gasteiger partial charge in [-0.15, -0.1) is 0 Å². The van der Waals surface area contributed by atoms with Crippen LogP contribution >= 0.6 is 11.6 Å². The Morgan fingerprint density at radius 2 is 2.24 bits per heavy atom. The smallest absolute Gasteiger partial charge is 0.305 e. The molecule has 0 radical (unpaired) electrons. The summed E-state index contributed by atoms with van der Waals surface area (Å²) < 4.78 is 0. The van der Waals surface area contributed by atoms with Crippen LogP contribution in [0.5, 0.6) is 0 Å². The molecule has 0 atom stereocenters. The lowest BCUT2D eigenvalue weighted by molar-refractivity contribution is -0.384. The maximum atomic E-state index is 10.6. The number of carbonyl (C=O) groups is 1. The number of carboxylic acid groups (broad SMARTS) is 1. The van der Waals surface area contributed by atoms with Crippen molar-refractivity contribution in [3.63, 3.8) is 0 Å². The van der Waals surface area contributed by atoms with Gasteiger partial charge in [0.05, 0.1) is 22.1 Å². The minimum atomic E-state index is -0.923. The van der Waals surface area contributed by atoms with E-state index < -0.39 is 10.9 Å². The van der Waals surface area contributed by atoms with E-state index in [1.165, 1.54) is 12.1 Å². The van der Waals surface area contributed by atoms with E-state index >= 15 is 0 Å². The highest BCUT2D eigenvalue weighted by Gasteiger charge is 2.13. The van der Waals surface area contributed by atoms with Crippen LogP contribution in [0.4, 0.5) is 11.4 Å². The van der Waals surface area contributed by atoms with Gasteiger partial charge >= 0.3 is 5.97 Å². The lowest BCUT2D eigenvalue weighted by Crippen LogP contribution is -2.09. The first-order valence-electron chi connectivity index (χ1n) is 4.82. The van der Waals surface area contributed by atoms with E-state index in [0.29, 0.717) is 11.3 Å². The van der Waals surface area contributed by atoms with Crippen molar-refractivity contribution >= 4 is 28.9 Å². The summed E-state index contributed by atoms with van der Waals surface area (Å²) in [5.41, 5.74) is 1.05. The number of nitro groups is 1. The van der Waals surface area contributed by atoms with Crippen molar-refractivity contribution in [2.75, 3.05) is 11.9 Å². The zero-order valence-corrected chi connectivity index (χ0v) is 9.82. The molecule has 92 valence electrons. The fourth-order valence-corrected chi connectivity index (χ4v) is 1.68. The number of nitrogens with one attached hydrogen (secondary N) is 1. The molecule has 6 nitrogen and oxygen atoms in total. The molecule has 1 aromatic carbocycles. The van der Waals surface area contributed by atoms with E-state index in [-0.39, 0.29) is 23.7 Å². The highest BCUT2D eigenvalue weighted by atomic mass is 35.5. The molecular formula is C10H11ClN2O4. The number of anilines is 1. The maximum Gasteiger partial charge on any atom is 0.305 e. The van der Waals surface area contributed by atoms with Crippen LogP contribution in [-0.4, -0.2) is 22.5 Å². The van der Waals surface area contributed by atoms with Crippen molar-refractivity contribution in [3.05, 3.63) is 32.8 Å². The summed E-state index contributed by atoms with van der Waals surface area (Å²) in [6.07, 6.45) is -0.0489. The number of nitro benzene ring substituents is 1. The summed E-state index contributed by atoms with van der Waals surface area (Å²) in [5, 5.41) is 22.1.